The fraction of sp³-hybridized carbons (Fsp3) is 0.963. The van der Waals surface area contributed by atoms with Crippen molar-refractivity contribution in [2.24, 2.45) is 5.92 Å². The van der Waals surface area contributed by atoms with Gasteiger partial charge in [-0.1, -0.05) is 116 Å². The summed E-state index contributed by atoms with van der Waals surface area (Å²) in [6.45, 7) is 4.71. The van der Waals surface area contributed by atoms with E-state index in [0.717, 1.165) is 19.3 Å². The fourth-order valence-electron chi connectivity index (χ4n) is 4.33. The Balaban J connectivity index is 3.64. The van der Waals surface area contributed by atoms with E-state index in [-0.39, 0.29) is 24.9 Å². The van der Waals surface area contributed by atoms with Crippen LogP contribution in [0.1, 0.15) is 136 Å². The Morgan fingerprint density at radius 1 is 0.794 bits per heavy atom. The number of likely N-dealkylation sites (N-methyl/N-ethyl adjacent to an activating group) is 1. The molecule has 0 aromatic carbocycles. The van der Waals surface area contributed by atoms with Gasteiger partial charge < -0.3 is 15.0 Å². The number of hydrogen-bond acceptors (Lipinski definition) is 4. The molecule has 0 aromatic rings. The van der Waals surface area contributed by atoms with Crippen molar-refractivity contribution in [3.8, 4) is 0 Å². The minimum Gasteiger partial charge on any atom is -0.347 e. The van der Waals surface area contributed by atoms with Gasteiger partial charge in [-0.15, -0.1) is 0 Å². The number of rotatable bonds is 27. The Bertz CT molecular complexity index is 503. The maximum atomic E-state index is 11.9. The van der Waals surface area contributed by atoms with Crippen molar-refractivity contribution in [3.05, 3.63) is 0 Å². The number of ketones is 1. The lowest BCUT2D eigenvalue weighted by Gasteiger charge is -2.18. The lowest BCUT2D eigenvalue weighted by molar-refractivity contribution is -0.627. The molecule has 0 spiro atoms. The first-order valence-corrected chi connectivity index (χ1v) is 15.8. The molecule has 0 aliphatic rings. The summed E-state index contributed by atoms with van der Waals surface area (Å²) in [5, 5.41) is 1.87. The quantitative estimate of drug-likeness (QED) is 0.0929. The van der Waals surface area contributed by atoms with E-state index in [1.165, 1.54) is 96.3 Å². The van der Waals surface area contributed by atoms with E-state index in [9.17, 15) is 14.3 Å². The number of unbranched alkanes of at least 4 members (excludes halogenated alkanes) is 16. The molecule has 0 aliphatic carbocycles. The van der Waals surface area contributed by atoms with Crippen LogP contribution in [-0.4, -0.2) is 37.5 Å². The van der Waals surface area contributed by atoms with Crippen LogP contribution in [0.3, 0.4) is 0 Å². The minimum absolute atomic E-state index is 0.0179. The highest BCUT2D eigenvalue weighted by Crippen LogP contribution is 2.43. The van der Waals surface area contributed by atoms with Crippen LogP contribution in [0, 0.1) is 5.92 Å². The molecule has 2 atom stereocenters. The molecular weight excluding hydrogens is 449 g/mol. The van der Waals surface area contributed by atoms with Gasteiger partial charge in [0, 0.05) is 6.42 Å². The zero-order valence-corrected chi connectivity index (χ0v) is 23.6. The predicted molar refractivity (Wildman–Crippen MR) is 142 cm³/mol. The van der Waals surface area contributed by atoms with Gasteiger partial charge >= 0.3 is 7.82 Å². The average molecular weight is 507 g/mol. The molecule has 0 rings (SSSR count). The van der Waals surface area contributed by atoms with Gasteiger partial charge in [0.2, 0.25) is 0 Å². The monoisotopic (exact) mass is 506 g/mol. The third-order valence-corrected chi connectivity index (χ3v) is 7.41. The van der Waals surface area contributed by atoms with Crippen LogP contribution in [0.25, 0.3) is 0 Å². The number of carbonyl (C=O) groups is 1. The number of carbonyl (C=O) groups excluding carboxylic acids is 1. The molecule has 6 nitrogen and oxygen atoms in total. The number of hydrogen-bond donors (Lipinski definition) is 2. The van der Waals surface area contributed by atoms with Gasteiger partial charge in [-0.3, -0.25) is 9.05 Å². The Morgan fingerprint density at radius 2 is 1.24 bits per heavy atom. The van der Waals surface area contributed by atoms with Crippen LogP contribution in [0.4, 0.5) is 0 Å². The fourth-order valence-corrected chi connectivity index (χ4v) is 5.14. The summed E-state index contributed by atoms with van der Waals surface area (Å²) in [5.74, 6) is 0.0745. The molecule has 0 fully saturated rings. The van der Waals surface area contributed by atoms with Crippen LogP contribution in [-0.2, 0) is 18.4 Å². The maximum absolute atomic E-state index is 11.9. The molecular formula is C27H57NO5P+. The van der Waals surface area contributed by atoms with Crippen molar-refractivity contribution in [2.75, 3.05) is 26.8 Å². The van der Waals surface area contributed by atoms with Gasteiger partial charge in [0.1, 0.15) is 12.4 Å². The van der Waals surface area contributed by atoms with E-state index < -0.39 is 7.82 Å². The molecule has 7 heteroatoms. The first-order chi connectivity index (χ1) is 16.4. The van der Waals surface area contributed by atoms with E-state index in [1.54, 1.807) is 6.92 Å². The normalized spacial score (nSPS) is 14.2. The third-order valence-electron chi connectivity index (χ3n) is 6.43. The zero-order valence-electron chi connectivity index (χ0n) is 22.7. The van der Waals surface area contributed by atoms with E-state index in [1.807, 2.05) is 12.4 Å². The summed E-state index contributed by atoms with van der Waals surface area (Å²) < 4.78 is 22.0. The lowest BCUT2D eigenvalue weighted by atomic mass is 9.96. The van der Waals surface area contributed by atoms with Crippen molar-refractivity contribution in [3.63, 3.8) is 0 Å². The summed E-state index contributed by atoms with van der Waals surface area (Å²) in [7, 11) is -2.16. The molecule has 0 aromatic heterocycles. The zero-order chi connectivity index (χ0) is 25.3. The van der Waals surface area contributed by atoms with Crippen molar-refractivity contribution < 1.29 is 28.6 Å². The highest BCUT2D eigenvalue weighted by Gasteiger charge is 2.23. The maximum Gasteiger partial charge on any atom is 0.472 e. The third kappa shape index (κ3) is 24.9. The highest BCUT2D eigenvalue weighted by molar-refractivity contribution is 7.47. The largest absolute Gasteiger partial charge is 0.472 e. The Kier molecular flexibility index (Phi) is 24.2. The smallest absolute Gasteiger partial charge is 0.347 e. The summed E-state index contributed by atoms with van der Waals surface area (Å²) in [4.78, 5) is 21.3. The number of phosphoric ester groups is 1. The lowest BCUT2D eigenvalue weighted by Crippen LogP contribution is -2.80. The molecule has 3 N–H and O–H groups in total. The van der Waals surface area contributed by atoms with Gasteiger partial charge in [0.25, 0.3) is 0 Å². The van der Waals surface area contributed by atoms with Crippen molar-refractivity contribution in [1.82, 2.24) is 0 Å². The number of nitrogens with two attached hydrogens (primary N) is 1. The van der Waals surface area contributed by atoms with Crippen LogP contribution in [0.2, 0.25) is 0 Å². The van der Waals surface area contributed by atoms with Crippen LogP contribution >= 0.6 is 7.82 Å². The van der Waals surface area contributed by atoms with Gasteiger partial charge in [-0.2, -0.15) is 0 Å². The van der Waals surface area contributed by atoms with Gasteiger partial charge in [0.15, 0.2) is 0 Å². The molecule has 0 saturated heterocycles. The molecule has 2 unspecified atom stereocenters. The van der Waals surface area contributed by atoms with Crippen LogP contribution < -0.4 is 5.32 Å². The summed E-state index contributed by atoms with van der Waals surface area (Å²) >= 11 is 0. The topological polar surface area (TPSA) is 89.4 Å². The molecule has 0 saturated carbocycles. The molecule has 0 amide bonds. The first kappa shape index (κ1) is 33.7. The molecule has 0 bridgehead atoms. The summed E-state index contributed by atoms with van der Waals surface area (Å²) in [5.41, 5.74) is 0. The Labute approximate surface area is 211 Å². The first-order valence-electron chi connectivity index (χ1n) is 14.3. The molecule has 0 heterocycles. The van der Waals surface area contributed by atoms with E-state index >= 15 is 0 Å². The van der Waals surface area contributed by atoms with Crippen molar-refractivity contribution in [1.29, 1.82) is 0 Å². The standard InChI is InChI=1S/C27H56NO5P/c1-4-5-6-7-8-9-10-11-12-13-14-15-16-17-18-19-20-21-27(24-26(2)29)25-33-34(30,31)32-23-22-28-3/h27-28H,4-25H2,1-3H3,(H,30,31)/p+1. The van der Waals surface area contributed by atoms with Crippen LogP contribution in [0.5, 0.6) is 0 Å². The number of phosphoric acid groups is 1. The average Bonchev–Trinajstić information content (AvgIpc) is 2.79. The Morgan fingerprint density at radius 3 is 1.65 bits per heavy atom. The van der Waals surface area contributed by atoms with Crippen molar-refractivity contribution >= 4 is 13.6 Å². The van der Waals surface area contributed by atoms with E-state index in [4.69, 9.17) is 9.05 Å². The summed E-state index contributed by atoms with van der Waals surface area (Å²) in [6, 6.07) is 0. The predicted octanol–water partition coefficient (Wildman–Crippen LogP) is 6.95. The highest BCUT2D eigenvalue weighted by atomic mass is 31.2. The van der Waals surface area contributed by atoms with Gasteiger partial charge in [0.05, 0.1) is 20.2 Å². The second-order valence-electron chi connectivity index (χ2n) is 10.0. The SMILES string of the molecule is CCCCCCCCCCCCCCCCCCCC(COP(=O)(O)OCC[NH2+]C)CC(C)=O. The van der Waals surface area contributed by atoms with Crippen molar-refractivity contribution in [2.45, 2.75) is 136 Å². The molecule has 34 heavy (non-hydrogen) atoms. The second kappa shape index (κ2) is 24.4. The Hall–Kier alpha value is -0.260. The molecule has 204 valence electrons. The molecule has 0 aliphatic heterocycles. The minimum atomic E-state index is -4.03. The van der Waals surface area contributed by atoms with Crippen LogP contribution in [0.15, 0.2) is 0 Å². The number of quaternary nitrogens is 1. The second-order valence-corrected chi connectivity index (χ2v) is 11.5. The van der Waals surface area contributed by atoms with Gasteiger partial charge in [-0.25, -0.2) is 4.57 Å². The van der Waals surface area contributed by atoms with E-state index in [2.05, 4.69) is 6.92 Å². The number of Topliss-reactive ketones (excluding diaryl/α,β-unsaturated/α-hetero) is 1. The molecule has 0 radical (unpaired) electrons. The van der Waals surface area contributed by atoms with E-state index in [0.29, 0.717) is 13.0 Å². The van der Waals surface area contributed by atoms with Gasteiger partial charge in [-0.05, 0) is 19.3 Å². The summed E-state index contributed by atoms with van der Waals surface area (Å²) in [6.07, 6.45) is 24.0.